The molecule has 0 unspecified atom stereocenters. The molecule has 2 amide bonds. The van der Waals surface area contributed by atoms with Crippen LogP contribution in [-0.4, -0.2) is 44.6 Å². The molecule has 1 fully saturated rings. The van der Waals surface area contributed by atoms with Crippen LogP contribution in [0.2, 0.25) is 0 Å². The summed E-state index contributed by atoms with van der Waals surface area (Å²) in [5.41, 5.74) is 5.13. The van der Waals surface area contributed by atoms with Crippen molar-refractivity contribution in [2.75, 3.05) is 18.4 Å². The summed E-state index contributed by atoms with van der Waals surface area (Å²) < 4.78 is 2.01. The maximum atomic E-state index is 12.6. The van der Waals surface area contributed by atoms with Crippen LogP contribution in [0.1, 0.15) is 28.4 Å². The molecule has 3 heterocycles. The summed E-state index contributed by atoms with van der Waals surface area (Å²) in [5, 5.41) is 8.84. The van der Waals surface area contributed by atoms with Crippen molar-refractivity contribution in [2.45, 2.75) is 19.4 Å². The van der Waals surface area contributed by atoms with Crippen LogP contribution >= 0.6 is 0 Å². The third-order valence-corrected chi connectivity index (χ3v) is 6.20. The highest BCUT2D eigenvalue weighted by Crippen LogP contribution is 2.32. The standard InChI is InChI=1S/C27H25N5O2/c1-3-25(33)31-14-12-22(17-31)32-24-11-13-28-16-23(24)26(30-32)19-7-9-21(10-8-19)29-27(34)20-6-4-5-18(2)15-20/h3-11,13,15-16,22H,1,12,14,17H2,2H3,(H,29,34)/t22-/m1/s1. The molecule has 0 aliphatic carbocycles. The number of anilines is 1. The predicted octanol–water partition coefficient (Wildman–Crippen LogP) is 4.62. The number of fused-ring (bicyclic) bond motifs is 1. The van der Waals surface area contributed by atoms with Crippen LogP contribution in [0.4, 0.5) is 5.69 Å². The van der Waals surface area contributed by atoms with Crippen LogP contribution in [0, 0.1) is 6.92 Å². The molecule has 4 aromatic rings. The number of likely N-dealkylation sites (tertiary alicyclic amines) is 1. The van der Waals surface area contributed by atoms with Crippen molar-refractivity contribution < 1.29 is 9.59 Å². The lowest BCUT2D eigenvalue weighted by Crippen LogP contribution is -2.27. The van der Waals surface area contributed by atoms with Crippen molar-refractivity contribution in [1.82, 2.24) is 19.7 Å². The van der Waals surface area contributed by atoms with Crippen LogP contribution < -0.4 is 5.32 Å². The Balaban J connectivity index is 1.41. The molecule has 34 heavy (non-hydrogen) atoms. The van der Waals surface area contributed by atoms with Gasteiger partial charge in [-0.1, -0.05) is 36.4 Å². The normalized spacial score (nSPS) is 15.4. The number of amides is 2. The van der Waals surface area contributed by atoms with Gasteiger partial charge in [-0.25, -0.2) is 0 Å². The number of carbonyl (C=O) groups is 2. The summed E-state index contributed by atoms with van der Waals surface area (Å²) in [4.78, 5) is 30.7. The van der Waals surface area contributed by atoms with Crippen LogP contribution in [0.15, 0.2) is 79.6 Å². The summed E-state index contributed by atoms with van der Waals surface area (Å²) in [6.45, 7) is 6.85. The maximum absolute atomic E-state index is 12.6. The van der Waals surface area contributed by atoms with Crippen molar-refractivity contribution in [3.63, 3.8) is 0 Å². The summed E-state index contributed by atoms with van der Waals surface area (Å²) in [6, 6.07) is 17.2. The summed E-state index contributed by atoms with van der Waals surface area (Å²) >= 11 is 0. The largest absolute Gasteiger partial charge is 0.337 e. The number of rotatable bonds is 5. The molecule has 0 saturated carbocycles. The second-order valence-corrected chi connectivity index (χ2v) is 8.52. The first-order valence-corrected chi connectivity index (χ1v) is 11.3. The lowest BCUT2D eigenvalue weighted by atomic mass is 10.1. The Morgan fingerprint density at radius 3 is 2.74 bits per heavy atom. The molecule has 2 aromatic carbocycles. The van der Waals surface area contributed by atoms with Gasteiger partial charge in [-0.05, 0) is 49.8 Å². The fraction of sp³-hybridized carbons (Fsp3) is 0.185. The van der Waals surface area contributed by atoms with Gasteiger partial charge in [0.25, 0.3) is 5.91 Å². The highest BCUT2D eigenvalue weighted by atomic mass is 16.2. The minimum Gasteiger partial charge on any atom is -0.337 e. The Hall–Kier alpha value is -4.26. The number of aryl methyl sites for hydroxylation is 1. The average molecular weight is 452 g/mol. The van der Waals surface area contributed by atoms with Gasteiger partial charge >= 0.3 is 0 Å². The molecule has 5 rings (SSSR count). The first-order chi connectivity index (χ1) is 16.5. The SMILES string of the molecule is C=CC(=O)N1CC[C@@H](n2nc(-c3ccc(NC(=O)c4cccc(C)c4)cc3)c3cnccc32)C1. The second kappa shape index (κ2) is 8.94. The van der Waals surface area contributed by atoms with E-state index in [9.17, 15) is 9.59 Å². The zero-order valence-electron chi connectivity index (χ0n) is 18.9. The number of hydrogen-bond donors (Lipinski definition) is 1. The van der Waals surface area contributed by atoms with Gasteiger partial charge in [-0.2, -0.15) is 5.10 Å². The predicted molar refractivity (Wildman–Crippen MR) is 133 cm³/mol. The van der Waals surface area contributed by atoms with E-state index in [1.165, 1.54) is 6.08 Å². The van der Waals surface area contributed by atoms with Gasteiger partial charge in [0.2, 0.25) is 5.91 Å². The Kier molecular flexibility index (Phi) is 5.67. The Bertz CT molecular complexity index is 1390. The number of benzene rings is 2. The maximum Gasteiger partial charge on any atom is 0.255 e. The molecular weight excluding hydrogens is 426 g/mol. The van der Waals surface area contributed by atoms with E-state index in [2.05, 4.69) is 16.9 Å². The van der Waals surface area contributed by atoms with E-state index >= 15 is 0 Å². The number of hydrogen-bond acceptors (Lipinski definition) is 4. The van der Waals surface area contributed by atoms with Gasteiger partial charge in [0.05, 0.1) is 11.6 Å². The van der Waals surface area contributed by atoms with Crippen molar-refractivity contribution >= 4 is 28.4 Å². The number of carbonyl (C=O) groups excluding carboxylic acids is 2. The Morgan fingerprint density at radius 2 is 1.97 bits per heavy atom. The molecule has 1 saturated heterocycles. The van der Waals surface area contributed by atoms with E-state index in [0.717, 1.165) is 34.1 Å². The van der Waals surface area contributed by atoms with E-state index in [0.29, 0.717) is 24.3 Å². The van der Waals surface area contributed by atoms with Crippen LogP contribution in [0.5, 0.6) is 0 Å². The van der Waals surface area contributed by atoms with Crippen LogP contribution in [0.25, 0.3) is 22.2 Å². The zero-order valence-corrected chi connectivity index (χ0v) is 18.9. The quantitative estimate of drug-likeness (QED) is 0.449. The first-order valence-electron chi connectivity index (χ1n) is 11.3. The molecule has 1 aliphatic rings. The van der Waals surface area contributed by atoms with E-state index in [4.69, 9.17) is 5.10 Å². The Labute approximate surface area is 197 Å². The molecule has 0 spiro atoms. The number of nitrogens with zero attached hydrogens (tertiary/aromatic N) is 4. The fourth-order valence-corrected chi connectivity index (χ4v) is 4.45. The minimum atomic E-state index is -0.143. The first kappa shape index (κ1) is 21.6. The highest BCUT2D eigenvalue weighted by Gasteiger charge is 2.28. The van der Waals surface area contributed by atoms with Gasteiger partial charge in [0, 0.05) is 47.7 Å². The van der Waals surface area contributed by atoms with E-state index < -0.39 is 0 Å². The van der Waals surface area contributed by atoms with Gasteiger partial charge in [0.15, 0.2) is 0 Å². The topological polar surface area (TPSA) is 80.1 Å². The third-order valence-electron chi connectivity index (χ3n) is 6.20. The molecule has 1 atom stereocenters. The monoisotopic (exact) mass is 451 g/mol. The van der Waals surface area contributed by atoms with Gasteiger partial charge in [0.1, 0.15) is 5.69 Å². The molecule has 7 nitrogen and oxygen atoms in total. The highest BCUT2D eigenvalue weighted by molar-refractivity contribution is 6.04. The average Bonchev–Trinajstić information content (AvgIpc) is 3.49. The molecule has 0 radical (unpaired) electrons. The van der Waals surface area contributed by atoms with Crippen molar-refractivity contribution in [3.8, 4) is 11.3 Å². The van der Waals surface area contributed by atoms with Crippen LogP contribution in [0.3, 0.4) is 0 Å². The second-order valence-electron chi connectivity index (χ2n) is 8.52. The van der Waals surface area contributed by atoms with E-state index in [1.54, 1.807) is 17.2 Å². The molecule has 1 aliphatic heterocycles. The molecular formula is C27H25N5O2. The number of aromatic nitrogens is 3. The molecule has 170 valence electrons. The Morgan fingerprint density at radius 1 is 1.15 bits per heavy atom. The number of nitrogens with one attached hydrogen (secondary N) is 1. The molecule has 0 bridgehead atoms. The zero-order chi connectivity index (χ0) is 23.7. The molecule has 1 N–H and O–H groups in total. The smallest absolute Gasteiger partial charge is 0.255 e. The molecule has 7 heteroatoms. The fourth-order valence-electron chi connectivity index (χ4n) is 4.45. The lowest BCUT2D eigenvalue weighted by Gasteiger charge is -2.15. The summed E-state index contributed by atoms with van der Waals surface area (Å²) in [7, 11) is 0. The number of pyridine rings is 1. The summed E-state index contributed by atoms with van der Waals surface area (Å²) in [6.07, 6.45) is 5.78. The van der Waals surface area contributed by atoms with Gasteiger partial charge in [-0.15, -0.1) is 0 Å². The van der Waals surface area contributed by atoms with E-state index in [-0.39, 0.29) is 17.9 Å². The summed E-state index contributed by atoms with van der Waals surface area (Å²) in [5.74, 6) is -0.195. The lowest BCUT2D eigenvalue weighted by molar-refractivity contribution is -0.125. The van der Waals surface area contributed by atoms with Crippen molar-refractivity contribution in [3.05, 3.63) is 90.8 Å². The van der Waals surface area contributed by atoms with E-state index in [1.807, 2.05) is 66.3 Å². The van der Waals surface area contributed by atoms with Gasteiger partial charge in [-0.3, -0.25) is 19.3 Å². The van der Waals surface area contributed by atoms with Crippen LogP contribution in [-0.2, 0) is 4.79 Å². The molecule has 2 aromatic heterocycles. The van der Waals surface area contributed by atoms with Crippen molar-refractivity contribution in [2.24, 2.45) is 0 Å². The third kappa shape index (κ3) is 4.08. The van der Waals surface area contributed by atoms with Gasteiger partial charge < -0.3 is 10.2 Å². The van der Waals surface area contributed by atoms with Crippen molar-refractivity contribution in [1.29, 1.82) is 0 Å². The minimum absolute atomic E-state index is 0.0517.